The number of halogens is 6. The number of aromatic nitrogens is 1. The van der Waals surface area contributed by atoms with Crippen LogP contribution in [-0.4, -0.2) is 17.6 Å². The molecule has 0 aliphatic heterocycles. The number of esters is 1. The molecule has 0 radical (unpaired) electrons. The number of hydrogen-bond donors (Lipinski definition) is 0. The molecule has 0 aliphatic rings. The van der Waals surface area contributed by atoms with Crippen molar-refractivity contribution in [2.45, 2.75) is 6.42 Å². The Morgan fingerprint density at radius 1 is 1.42 bits per heavy atom. The lowest BCUT2D eigenvalue weighted by Gasteiger charge is -2.36. The van der Waals surface area contributed by atoms with Gasteiger partial charge < -0.3 is 4.74 Å². The van der Waals surface area contributed by atoms with Crippen molar-refractivity contribution >= 4 is 39.1 Å². The van der Waals surface area contributed by atoms with Gasteiger partial charge in [0, 0.05) is 5.38 Å². The summed E-state index contributed by atoms with van der Waals surface area (Å²) in [5, 5.41) is 0.307. The van der Waals surface area contributed by atoms with Crippen molar-refractivity contribution in [3.05, 3.63) is 27.0 Å². The molecule has 1 heterocycles. The number of thiazole rings is 1. The highest BCUT2D eigenvalue weighted by atomic mass is 35.5. The first-order valence-electron chi connectivity index (χ1n) is 4.52. The van der Waals surface area contributed by atoms with Gasteiger partial charge >= 0.3 is 16.2 Å². The number of hydrogen-bond acceptors (Lipinski definition) is 4. The number of ether oxygens (including phenoxy) is 1. The molecule has 3 nitrogen and oxygen atoms in total. The van der Waals surface area contributed by atoms with Gasteiger partial charge in [-0.25, -0.2) is 4.98 Å². The maximum Gasteiger partial charge on any atom is 0.312 e. The van der Waals surface area contributed by atoms with Crippen molar-refractivity contribution in [1.29, 1.82) is 0 Å². The van der Waals surface area contributed by atoms with Crippen LogP contribution in [0, 0.1) is 0 Å². The number of carbonyl (C=O) groups is 1. The van der Waals surface area contributed by atoms with E-state index in [0.29, 0.717) is 0 Å². The summed E-state index contributed by atoms with van der Waals surface area (Å²) in [7, 11) is -9.59. The average molecular weight is 344 g/mol. The van der Waals surface area contributed by atoms with Crippen molar-refractivity contribution in [1.82, 2.24) is 4.98 Å². The van der Waals surface area contributed by atoms with Crippen molar-refractivity contribution in [3.63, 3.8) is 0 Å². The van der Waals surface area contributed by atoms with E-state index >= 15 is 0 Å². The lowest BCUT2D eigenvalue weighted by atomic mass is 10.3. The molecule has 0 amide bonds. The zero-order valence-corrected chi connectivity index (χ0v) is 11.4. The minimum atomic E-state index is -9.59. The molecule has 0 saturated carbocycles. The van der Waals surface area contributed by atoms with Gasteiger partial charge in [0.1, 0.15) is 6.61 Å². The zero-order chi connectivity index (χ0) is 14.8. The molecule has 0 atom stereocenters. The zero-order valence-electron chi connectivity index (χ0n) is 8.99. The normalized spacial score (nSPS) is 16.1. The lowest BCUT2D eigenvalue weighted by Crippen LogP contribution is -2.08. The van der Waals surface area contributed by atoms with E-state index < -0.39 is 28.2 Å². The second-order valence-electron chi connectivity index (χ2n) is 3.35. The topological polar surface area (TPSA) is 39.2 Å². The lowest BCUT2D eigenvalue weighted by molar-refractivity contribution is -0.141. The third-order valence-electron chi connectivity index (χ3n) is 1.54. The van der Waals surface area contributed by atoms with E-state index in [1.165, 1.54) is 5.38 Å². The molecule has 0 N–H and O–H groups in total. The molecule has 1 rings (SSSR count). The van der Waals surface area contributed by atoms with Crippen molar-refractivity contribution < 1.29 is 29.0 Å². The van der Waals surface area contributed by atoms with Crippen LogP contribution in [0.1, 0.15) is 5.69 Å². The van der Waals surface area contributed by atoms with Crippen LogP contribution >= 0.6 is 33.2 Å². The van der Waals surface area contributed by atoms with Crippen LogP contribution in [0.4, 0.5) is 19.4 Å². The molecule has 0 spiro atoms. The molecule has 0 unspecified atom stereocenters. The number of carbonyl (C=O) groups excluding carboxylic acids is 1. The first-order chi connectivity index (χ1) is 8.34. The molecule has 0 bridgehead atoms. The molecule has 1 aromatic heterocycles. The first-order valence-corrected chi connectivity index (χ1v) is 7.79. The van der Waals surface area contributed by atoms with Gasteiger partial charge in [0.05, 0.1) is 17.5 Å². The third kappa shape index (κ3) is 8.01. The molecule has 0 aromatic carbocycles. The van der Waals surface area contributed by atoms with Gasteiger partial charge in [-0.05, 0) is 6.08 Å². The Morgan fingerprint density at radius 3 is 2.53 bits per heavy atom. The number of nitrogens with zero attached hydrogens (tertiary/aromatic N) is 1. The summed E-state index contributed by atoms with van der Waals surface area (Å²) in [6.45, 7) is -0.900. The summed E-state index contributed by atoms with van der Waals surface area (Å²) in [5.74, 6) is -0.895. The smallest absolute Gasteiger partial charge is 0.312 e. The van der Waals surface area contributed by atoms with Crippen LogP contribution in [0.15, 0.2) is 16.9 Å². The Morgan fingerprint density at radius 2 is 2.05 bits per heavy atom. The number of rotatable bonds is 5. The van der Waals surface area contributed by atoms with Crippen LogP contribution < -0.4 is 0 Å². The van der Waals surface area contributed by atoms with E-state index in [1.54, 1.807) is 0 Å². The highest BCUT2D eigenvalue weighted by Crippen LogP contribution is 2.98. The quantitative estimate of drug-likeness (QED) is 0.575. The molecule has 1 aromatic rings. The van der Waals surface area contributed by atoms with Crippen LogP contribution in [-0.2, 0) is 16.0 Å². The molecule has 0 fully saturated rings. The monoisotopic (exact) mass is 343 g/mol. The highest BCUT2D eigenvalue weighted by Gasteiger charge is 2.60. The Hall–Kier alpha value is -0.870. The molecule has 11 heteroatoms. The van der Waals surface area contributed by atoms with Gasteiger partial charge in [-0.15, -0.1) is 11.3 Å². The average Bonchev–Trinajstić information content (AvgIpc) is 2.55. The van der Waals surface area contributed by atoms with Crippen LogP contribution in [0.5, 0.6) is 0 Å². The Kier molecular flexibility index (Phi) is 3.92. The van der Waals surface area contributed by atoms with Crippen LogP contribution in [0.2, 0.25) is 4.47 Å². The molecule has 19 heavy (non-hydrogen) atoms. The van der Waals surface area contributed by atoms with E-state index in [9.17, 15) is 24.2 Å². The second-order valence-corrected chi connectivity index (χ2v) is 7.12. The van der Waals surface area contributed by atoms with E-state index in [1.807, 2.05) is 0 Å². The predicted octanol–water partition coefficient (Wildman–Crippen LogP) is 4.69. The fraction of sp³-hybridized carbons (Fsp3) is 0.250. The van der Waals surface area contributed by atoms with Crippen molar-refractivity contribution in [2.24, 2.45) is 0 Å². The van der Waals surface area contributed by atoms with Crippen LogP contribution in [0.3, 0.4) is 0 Å². The maximum absolute atomic E-state index is 11.8. The standard InChI is InChI=1S/C8H7ClF5NO2S2/c9-8-15-6(5-18-8)4-7(16)17-2-1-3-19(10,11,12,13)14/h1,3,5H,2,4H2/b3-1+. The fourth-order valence-electron chi connectivity index (χ4n) is 0.925. The SMILES string of the molecule is O=C(Cc1csc(Cl)n1)OC/C=C/S(F)(F)(F)(F)F. The summed E-state index contributed by atoms with van der Waals surface area (Å²) in [4.78, 5) is 14.8. The highest BCUT2D eigenvalue weighted by molar-refractivity contribution is 8.48. The summed E-state index contributed by atoms with van der Waals surface area (Å²) in [6, 6.07) is 0. The largest absolute Gasteiger partial charge is 0.461 e. The minimum Gasteiger partial charge on any atom is -0.461 e. The molecular weight excluding hydrogens is 337 g/mol. The molecule has 0 aliphatic carbocycles. The Balaban J connectivity index is 2.42. The van der Waals surface area contributed by atoms with Crippen molar-refractivity contribution in [3.8, 4) is 0 Å². The molecule has 110 valence electrons. The van der Waals surface area contributed by atoms with Gasteiger partial charge in [0.2, 0.25) is 0 Å². The summed E-state index contributed by atoms with van der Waals surface area (Å²) in [6.07, 6.45) is -0.249. The summed E-state index contributed by atoms with van der Waals surface area (Å²) in [5.41, 5.74) is 0.289. The fourth-order valence-corrected chi connectivity index (χ4v) is 2.15. The maximum atomic E-state index is 11.8. The van der Waals surface area contributed by atoms with E-state index in [2.05, 4.69) is 9.72 Å². The predicted molar refractivity (Wildman–Crippen MR) is 64.1 cm³/mol. The van der Waals surface area contributed by atoms with Gasteiger partial charge in [0.25, 0.3) is 0 Å². The Bertz CT molecular complexity index is 512. The third-order valence-corrected chi connectivity index (χ3v) is 3.28. The summed E-state index contributed by atoms with van der Waals surface area (Å²) < 4.78 is 63.7. The van der Waals surface area contributed by atoms with Gasteiger partial charge in [0.15, 0.2) is 4.47 Å². The summed E-state index contributed by atoms with van der Waals surface area (Å²) >= 11 is 6.56. The van der Waals surface area contributed by atoms with Crippen molar-refractivity contribution in [2.75, 3.05) is 6.61 Å². The minimum absolute atomic E-state index is 0.0491. The van der Waals surface area contributed by atoms with Crippen LogP contribution in [0.25, 0.3) is 0 Å². The second kappa shape index (κ2) is 4.60. The van der Waals surface area contributed by atoms with Gasteiger partial charge in [-0.3, -0.25) is 4.79 Å². The van der Waals surface area contributed by atoms with E-state index in [-0.39, 0.29) is 22.7 Å². The molecule has 0 saturated heterocycles. The van der Waals surface area contributed by atoms with E-state index in [4.69, 9.17) is 11.6 Å². The first kappa shape index (κ1) is 16.2. The Labute approximate surface area is 113 Å². The molecular formula is C8H7ClF5NO2S2. The van der Waals surface area contributed by atoms with E-state index in [0.717, 1.165) is 11.3 Å². The van der Waals surface area contributed by atoms with Gasteiger partial charge in [-0.2, -0.15) is 0 Å². The van der Waals surface area contributed by atoms with Gasteiger partial charge in [-0.1, -0.05) is 31.0 Å².